The molecule has 4 heteroatoms. The van der Waals surface area contributed by atoms with Crippen molar-refractivity contribution in [1.29, 1.82) is 0 Å². The molecule has 0 bridgehead atoms. The Labute approximate surface area is 159 Å². The smallest absolute Gasteiger partial charge is 0.200 e. The molecule has 1 atom stereocenters. The molecule has 0 aromatic heterocycles. The highest BCUT2D eigenvalue weighted by molar-refractivity contribution is 6.13. The van der Waals surface area contributed by atoms with E-state index >= 15 is 0 Å². The first-order valence-corrected chi connectivity index (χ1v) is 9.01. The van der Waals surface area contributed by atoms with Crippen molar-refractivity contribution in [2.24, 2.45) is 0 Å². The number of benzene rings is 2. The number of ketones is 1. The molecule has 0 aliphatic carbocycles. The fourth-order valence-corrected chi connectivity index (χ4v) is 3.18. The molecule has 0 radical (unpaired) electrons. The van der Waals surface area contributed by atoms with E-state index in [1.807, 2.05) is 13.0 Å². The summed E-state index contributed by atoms with van der Waals surface area (Å²) in [7, 11) is 0. The minimum atomic E-state index is -0.539. The third kappa shape index (κ3) is 3.90. The standard InChI is InChI=1S/C23H24O4/c1-15(2)8-7-12-23(3)13-11-17-19(27-23)14-18(24)20(22(17)26)21(25)16-9-5-4-6-10-16/h4-6,8-11,13-14,24,26H,7,12H2,1-3H3. The summed E-state index contributed by atoms with van der Waals surface area (Å²) in [4.78, 5) is 12.7. The fraction of sp³-hybridized carbons (Fsp3) is 0.261. The number of fused-ring (bicyclic) bond motifs is 1. The molecule has 0 fully saturated rings. The average molecular weight is 364 g/mol. The molecule has 2 aromatic carbocycles. The SMILES string of the molecule is CC(C)=CCCC1(C)C=Cc2c(cc(O)c(C(=O)c3ccccc3)c2O)O1. The second-order valence-corrected chi connectivity index (χ2v) is 7.29. The van der Waals surface area contributed by atoms with Crippen LogP contribution >= 0.6 is 0 Å². The topological polar surface area (TPSA) is 66.8 Å². The molecule has 140 valence electrons. The lowest BCUT2D eigenvalue weighted by atomic mass is 9.92. The summed E-state index contributed by atoms with van der Waals surface area (Å²) >= 11 is 0. The molecule has 3 rings (SSSR count). The molecule has 27 heavy (non-hydrogen) atoms. The van der Waals surface area contributed by atoms with E-state index in [9.17, 15) is 15.0 Å². The normalized spacial score (nSPS) is 17.7. The van der Waals surface area contributed by atoms with Crippen LogP contribution in [0.2, 0.25) is 0 Å². The molecule has 0 saturated carbocycles. The van der Waals surface area contributed by atoms with Crippen LogP contribution in [-0.2, 0) is 0 Å². The van der Waals surface area contributed by atoms with Crippen molar-refractivity contribution in [2.45, 2.75) is 39.2 Å². The van der Waals surface area contributed by atoms with Crippen molar-refractivity contribution < 1.29 is 19.7 Å². The Balaban J connectivity index is 1.94. The van der Waals surface area contributed by atoms with E-state index in [1.165, 1.54) is 11.6 Å². The first-order chi connectivity index (χ1) is 12.8. The van der Waals surface area contributed by atoms with E-state index in [-0.39, 0.29) is 17.1 Å². The number of carbonyl (C=O) groups is 1. The number of carbonyl (C=O) groups excluding carboxylic acids is 1. The van der Waals surface area contributed by atoms with Gasteiger partial charge >= 0.3 is 0 Å². The first-order valence-electron chi connectivity index (χ1n) is 9.01. The summed E-state index contributed by atoms with van der Waals surface area (Å²) in [5.74, 6) is -0.612. The summed E-state index contributed by atoms with van der Waals surface area (Å²) in [6.07, 6.45) is 7.43. The Kier molecular flexibility index (Phi) is 5.08. The minimum absolute atomic E-state index is 0.110. The van der Waals surface area contributed by atoms with E-state index in [1.54, 1.807) is 36.4 Å². The fourth-order valence-electron chi connectivity index (χ4n) is 3.18. The molecule has 0 spiro atoms. The highest BCUT2D eigenvalue weighted by Gasteiger charge is 2.31. The van der Waals surface area contributed by atoms with Gasteiger partial charge in [0.15, 0.2) is 0 Å². The number of aromatic hydroxyl groups is 2. The largest absolute Gasteiger partial charge is 0.507 e. The van der Waals surface area contributed by atoms with Gasteiger partial charge < -0.3 is 14.9 Å². The van der Waals surface area contributed by atoms with Crippen molar-refractivity contribution in [3.63, 3.8) is 0 Å². The van der Waals surface area contributed by atoms with Crippen LogP contribution in [0.15, 0.2) is 54.1 Å². The number of hydrogen-bond acceptors (Lipinski definition) is 4. The monoisotopic (exact) mass is 364 g/mol. The van der Waals surface area contributed by atoms with E-state index in [2.05, 4.69) is 19.9 Å². The lowest BCUT2D eigenvalue weighted by molar-refractivity contribution is 0.103. The first kappa shape index (κ1) is 18.8. The van der Waals surface area contributed by atoms with E-state index in [0.717, 1.165) is 12.8 Å². The molecule has 2 aromatic rings. The predicted molar refractivity (Wildman–Crippen MR) is 106 cm³/mol. The molecule has 1 heterocycles. The van der Waals surface area contributed by atoms with Crippen LogP contribution in [0.3, 0.4) is 0 Å². The van der Waals surface area contributed by atoms with Gasteiger partial charge in [-0.1, -0.05) is 42.0 Å². The number of allylic oxidation sites excluding steroid dienone is 2. The lowest BCUT2D eigenvalue weighted by Crippen LogP contribution is -2.31. The average Bonchev–Trinajstić information content (AvgIpc) is 2.61. The third-order valence-electron chi connectivity index (χ3n) is 4.68. The Hall–Kier alpha value is -3.01. The second-order valence-electron chi connectivity index (χ2n) is 7.29. The van der Waals surface area contributed by atoms with Gasteiger partial charge in [0.2, 0.25) is 5.78 Å². The number of phenolic OH excluding ortho intramolecular Hbond substituents is 2. The van der Waals surface area contributed by atoms with Crippen molar-refractivity contribution in [3.8, 4) is 17.2 Å². The van der Waals surface area contributed by atoms with Gasteiger partial charge in [0, 0.05) is 11.6 Å². The number of phenols is 2. The van der Waals surface area contributed by atoms with Gasteiger partial charge in [0.05, 0.1) is 5.56 Å². The van der Waals surface area contributed by atoms with E-state index in [4.69, 9.17) is 4.74 Å². The second kappa shape index (κ2) is 7.31. The van der Waals surface area contributed by atoms with Crippen molar-refractivity contribution in [2.75, 3.05) is 0 Å². The van der Waals surface area contributed by atoms with Gasteiger partial charge in [-0.15, -0.1) is 0 Å². The number of hydrogen-bond donors (Lipinski definition) is 2. The number of rotatable bonds is 5. The maximum absolute atomic E-state index is 12.7. The van der Waals surface area contributed by atoms with Gasteiger partial charge in [-0.2, -0.15) is 0 Å². The zero-order valence-corrected chi connectivity index (χ0v) is 15.8. The van der Waals surface area contributed by atoms with Crippen LogP contribution in [0, 0.1) is 0 Å². The molecule has 2 N–H and O–H groups in total. The number of ether oxygens (including phenoxy) is 1. The van der Waals surface area contributed by atoms with Gasteiger partial charge in [-0.05, 0) is 45.8 Å². The quantitative estimate of drug-likeness (QED) is 0.562. The molecule has 0 saturated heterocycles. The Morgan fingerprint density at radius 2 is 1.89 bits per heavy atom. The van der Waals surface area contributed by atoms with Crippen LogP contribution in [0.5, 0.6) is 17.2 Å². The molecule has 1 aliphatic rings. The highest BCUT2D eigenvalue weighted by Crippen LogP contribution is 2.44. The molecule has 1 unspecified atom stereocenters. The van der Waals surface area contributed by atoms with Crippen LogP contribution < -0.4 is 4.74 Å². The lowest BCUT2D eigenvalue weighted by Gasteiger charge is -2.32. The Morgan fingerprint density at radius 3 is 2.56 bits per heavy atom. The minimum Gasteiger partial charge on any atom is -0.507 e. The summed E-state index contributed by atoms with van der Waals surface area (Å²) in [6, 6.07) is 9.98. The predicted octanol–water partition coefficient (Wildman–Crippen LogP) is 5.24. The summed E-state index contributed by atoms with van der Waals surface area (Å²) in [5, 5.41) is 21.0. The van der Waals surface area contributed by atoms with Gasteiger partial charge in [0.25, 0.3) is 0 Å². The van der Waals surface area contributed by atoms with Gasteiger partial charge in [-0.25, -0.2) is 0 Å². The molecular formula is C23H24O4. The zero-order chi connectivity index (χ0) is 19.6. The third-order valence-corrected chi connectivity index (χ3v) is 4.68. The zero-order valence-electron chi connectivity index (χ0n) is 15.8. The van der Waals surface area contributed by atoms with Crippen molar-refractivity contribution >= 4 is 11.9 Å². The summed E-state index contributed by atoms with van der Waals surface area (Å²) < 4.78 is 6.06. The van der Waals surface area contributed by atoms with Crippen molar-refractivity contribution in [1.82, 2.24) is 0 Å². The van der Waals surface area contributed by atoms with Crippen molar-refractivity contribution in [3.05, 3.63) is 70.8 Å². The molecule has 4 nitrogen and oxygen atoms in total. The summed E-state index contributed by atoms with van der Waals surface area (Å²) in [5.41, 5.74) is 1.41. The van der Waals surface area contributed by atoms with Gasteiger partial charge in [-0.3, -0.25) is 4.79 Å². The van der Waals surface area contributed by atoms with Crippen LogP contribution in [0.1, 0.15) is 55.1 Å². The molecular weight excluding hydrogens is 340 g/mol. The molecule has 0 amide bonds. The molecule has 1 aliphatic heterocycles. The van der Waals surface area contributed by atoms with Crippen LogP contribution in [-0.4, -0.2) is 21.6 Å². The van der Waals surface area contributed by atoms with Gasteiger partial charge in [0.1, 0.15) is 28.4 Å². The summed E-state index contributed by atoms with van der Waals surface area (Å²) in [6.45, 7) is 6.06. The Morgan fingerprint density at radius 1 is 1.19 bits per heavy atom. The maximum Gasteiger partial charge on any atom is 0.200 e. The van der Waals surface area contributed by atoms with E-state index < -0.39 is 11.4 Å². The van der Waals surface area contributed by atoms with E-state index in [0.29, 0.717) is 16.9 Å². The maximum atomic E-state index is 12.7. The van der Waals surface area contributed by atoms with Crippen LogP contribution in [0.4, 0.5) is 0 Å². The highest BCUT2D eigenvalue weighted by atomic mass is 16.5. The van der Waals surface area contributed by atoms with Crippen LogP contribution in [0.25, 0.3) is 6.08 Å². The Bertz CT molecular complexity index is 921.